The number of carbonyl (C=O) groups excluding carboxylic acids is 3. The van der Waals surface area contributed by atoms with Crippen molar-refractivity contribution in [3.05, 3.63) is 16.0 Å². The van der Waals surface area contributed by atoms with Crippen LogP contribution >= 0.6 is 11.3 Å². The van der Waals surface area contributed by atoms with Crippen LogP contribution < -0.4 is 10.6 Å². The number of anilines is 1. The van der Waals surface area contributed by atoms with Gasteiger partial charge in [0.1, 0.15) is 5.00 Å². The second-order valence-corrected chi connectivity index (χ2v) is 8.80. The molecule has 8 nitrogen and oxygen atoms in total. The van der Waals surface area contributed by atoms with Gasteiger partial charge >= 0.3 is 5.97 Å². The second kappa shape index (κ2) is 12.0. The highest BCUT2D eigenvalue weighted by Crippen LogP contribution is 2.40. The average Bonchev–Trinajstić information content (AvgIpc) is 3.01. The van der Waals surface area contributed by atoms with Gasteiger partial charge in [-0.05, 0) is 51.1 Å². The number of thiophene rings is 1. The minimum Gasteiger partial charge on any atom is -0.462 e. The summed E-state index contributed by atoms with van der Waals surface area (Å²) in [6.07, 6.45) is 3.49. The first-order valence-electron chi connectivity index (χ1n) is 10.4. The molecule has 0 bridgehead atoms. The summed E-state index contributed by atoms with van der Waals surface area (Å²) < 4.78 is 10.2. The highest BCUT2D eigenvalue weighted by atomic mass is 32.1. The van der Waals surface area contributed by atoms with E-state index in [1.807, 2.05) is 0 Å². The molecule has 0 saturated heterocycles. The fourth-order valence-electron chi connectivity index (χ4n) is 3.47. The van der Waals surface area contributed by atoms with E-state index in [4.69, 9.17) is 9.47 Å². The van der Waals surface area contributed by atoms with E-state index in [0.717, 1.165) is 36.1 Å². The molecular formula is C21H33N3O5S. The number of nitrogens with one attached hydrogen (secondary N) is 2. The number of hydrogen-bond donors (Lipinski definition) is 2. The molecule has 1 aromatic rings. The minimum absolute atomic E-state index is 0.0483. The van der Waals surface area contributed by atoms with Crippen molar-refractivity contribution in [1.82, 2.24) is 10.2 Å². The molecule has 2 amide bonds. The number of amides is 2. The van der Waals surface area contributed by atoms with Gasteiger partial charge in [0.05, 0.1) is 25.3 Å². The molecule has 2 N–H and O–H groups in total. The zero-order valence-corrected chi connectivity index (χ0v) is 19.2. The fourth-order valence-corrected chi connectivity index (χ4v) is 4.89. The number of methoxy groups -OCH3 is 1. The van der Waals surface area contributed by atoms with Gasteiger partial charge < -0.3 is 20.1 Å². The smallest absolute Gasteiger partial charge is 0.341 e. The van der Waals surface area contributed by atoms with Crippen LogP contribution in [0.25, 0.3) is 0 Å². The van der Waals surface area contributed by atoms with E-state index in [2.05, 4.69) is 17.6 Å². The second-order valence-electron chi connectivity index (χ2n) is 7.69. The van der Waals surface area contributed by atoms with Crippen LogP contribution in [0.2, 0.25) is 0 Å². The van der Waals surface area contributed by atoms with Gasteiger partial charge in [0.25, 0.3) is 0 Å². The van der Waals surface area contributed by atoms with E-state index in [1.54, 1.807) is 26.0 Å². The molecule has 1 aliphatic rings. The maximum Gasteiger partial charge on any atom is 0.341 e. The topological polar surface area (TPSA) is 97.0 Å². The number of fused-ring (bicyclic) bond motifs is 1. The summed E-state index contributed by atoms with van der Waals surface area (Å²) in [7, 11) is 3.33. The molecular weight excluding hydrogens is 406 g/mol. The third-order valence-corrected chi connectivity index (χ3v) is 6.09. The van der Waals surface area contributed by atoms with Crippen LogP contribution in [-0.4, -0.2) is 69.7 Å². The van der Waals surface area contributed by atoms with Gasteiger partial charge in [-0.15, -0.1) is 11.3 Å². The summed E-state index contributed by atoms with van der Waals surface area (Å²) in [5, 5.41) is 6.22. The molecule has 0 radical (unpaired) electrons. The largest absolute Gasteiger partial charge is 0.462 e. The highest BCUT2D eigenvalue weighted by molar-refractivity contribution is 7.17. The predicted molar refractivity (Wildman–Crippen MR) is 117 cm³/mol. The van der Waals surface area contributed by atoms with Crippen LogP contribution in [0.15, 0.2) is 0 Å². The summed E-state index contributed by atoms with van der Waals surface area (Å²) in [5.74, 6) is -0.233. The van der Waals surface area contributed by atoms with Crippen molar-refractivity contribution in [2.75, 3.05) is 52.3 Å². The molecule has 30 heavy (non-hydrogen) atoms. The average molecular weight is 440 g/mol. The van der Waals surface area contributed by atoms with Crippen molar-refractivity contribution < 1.29 is 23.9 Å². The molecule has 0 aromatic carbocycles. The molecule has 0 spiro atoms. The summed E-state index contributed by atoms with van der Waals surface area (Å²) in [5.41, 5.74) is 1.51. The summed E-state index contributed by atoms with van der Waals surface area (Å²) >= 11 is 1.46. The first kappa shape index (κ1) is 24.3. The molecule has 9 heteroatoms. The Balaban J connectivity index is 1.97. The van der Waals surface area contributed by atoms with E-state index in [0.29, 0.717) is 29.6 Å². The van der Waals surface area contributed by atoms with Crippen LogP contribution in [-0.2, 0) is 31.9 Å². The number of nitrogens with zero attached hydrogens (tertiary/aromatic N) is 1. The van der Waals surface area contributed by atoms with E-state index >= 15 is 0 Å². The van der Waals surface area contributed by atoms with Gasteiger partial charge in [-0.1, -0.05) is 6.92 Å². The highest BCUT2D eigenvalue weighted by Gasteiger charge is 2.29. The normalized spacial score (nSPS) is 15.6. The van der Waals surface area contributed by atoms with Crippen molar-refractivity contribution in [3.63, 3.8) is 0 Å². The zero-order chi connectivity index (χ0) is 22.1. The summed E-state index contributed by atoms with van der Waals surface area (Å²) in [4.78, 5) is 39.8. The van der Waals surface area contributed by atoms with Crippen molar-refractivity contribution >= 4 is 34.1 Å². The molecule has 1 unspecified atom stereocenters. The number of carbonyl (C=O) groups is 3. The molecule has 168 valence electrons. The predicted octanol–water partition coefficient (Wildman–Crippen LogP) is 2.07. The maximum absolute atomic E-state index is 12.6. The minimum atomic E-state index is -0.386. The number of hydrogen-bond acceptors (Lipinski definition) is 7. The third-order valence-electron chi connectivity index (χ3n) is 4.92. The number of esters is 1. The number of likely N-dealkylation sites (N-methyl/N-ethyl adjacent to an activating group) is 1. The summed E-state index contributed by atoms with van der Waals surface area (Å²) in [6, 6.07) is 0. The Bertz CT molecular complexity index is 749. The molecule has 0 saturated carbocycles. The Morgan fingerprint density at radius 2 is 1.97 bits per heavy atom. The van der Waals surface area contributed by atoms with E-state index in [1.165, 1.54) is 11.3 Å². The lowest BCUT2D eigenvalue weighted by molar-refractivity contribution is -0.123. The molecule has 2 rings (SSSR count). The van der Waals surface area contributed by atoms with Crippen molar-refractivity contribution in [2.45, 2.75) is 39.5 Å². The quantitative estimate of drug-likeness (QED) is 0.405. The lowest BCUT2D eigenvalue weighted by Crippen LogP contribution is -2.39. The first-order chi connectivity index (χ1) is 14.3. The Hall–Kier alpha value is -1.97. The van der Waals surface area contributed by atoms with Crippen LogP contribution in [0.5, 0.6) is 0 Å². The van der Waals surface area contributed by atoms with Gasteiger partial charge in [-0.25, -0.2) is 4.79 Å². The van der Waals surface area contributed by atoms with E-state index in [-0.39, 0.29) is 37.5 Å². The van der Waals surface area contributed by atoms with Gasteiger partial charge in [-0.2, -0.15) is 0 Å². The molecule has 0 aliphatic heterocycles. The van der Waals surface area contributed by atoms with Crippen molar-refractivity contribution in [3.8, 4) is 0 Å². The molecule has 1 atom stereocenters. The van der Waals surface area contributed by atoms with Gasteiger partial charge in [0.2, 0.25) is 11.8 Å². The van der Waals surface area contributed by atoms with Crippen LogP contribution in [0.3, 0.4) is 0 Å². The van der Waals surface area contributed by atoms with Gasteiger partial charge in [0, 0.05) is 25.1 Å². The van der Waals surface area contributed by atoms with E-state index < -0.39 is 0 Å². The molecule has 0 fully saturated rings. The Labute approximate surface area is 182 Å². The molecule has 1 heterocycles. The third kappa shape index (κ3) is 7.07. The Morgan fingerprint density at radius 3 is 2.67 bits per heavy atom. The van der Waals surface area contributed by atoms with Gasteiger partial charge in [-0.3, -0.25) is 14.5 Å². The van der Waals surface area contributed by atoms with Crippen molar-refractivity contribution in [2.24, 2.45) is 5.92 Å². The van der Waals surface area contributed by atoms with Crippen LogP contribution in [0.1, 0.15) is 47.5 Å². The Morgan fingerprint density at radius 1 is 1.23 bits per heavy atom. The maximum atomic E-state index is 12.6. The lowest BCUT2D eigenvalue weighted by atomic mass is 9.88. The first-order valence-corrected chi connectivity index (χ1v) is 11.2. The standard InChI is InChI=1S/C21H33N3O5S/c1-5-29-21(27)19-15-8-7-14(2)11-16(15)30-20(19)23-18(26)13-24(3)12-17(25)22-9-6-10-28-4/h14H,5-13H2,1-4H3,(H,22,25)(H,23,26). The van der Waals surface area contributed by atoms with Crippen LogP contribution in [0.4, 0.5) is 5.00 Å². The van der Waals surface area contributed by atoms with Crippen molar-refractivity contribution in [1.29, 1.82) is 0 Å². The Kier molecular flexibility index (Phi) is 9.74. The summed E-state index contributed by atoms with van der Waals surface area (Å²) in [6.45, 7) is 5.54. The number of ether oxygens (including phenoxy) is 2. The molecule has 1 aromatic heterocycles. The molecule has 1 aliphatic carbocycles. The fraction of sp³-hybridized carbons (Fsp3) is 0.667. The monoisotopic (exact) mass is 439 g/mol. The zero-order valence-electron chi connectivity index (χ0n) is 18.3. The number of rotatable bonds is 11. The lowest BCUT2D eigenvalue weighted by Gasteiger charge is -2.18. The van der Waals surface area contributed by atoms with Crippen LogP contribution in [0, 0.1) is 5.92 Å². The van der Waals surface area contributed by atoms with E-state index in [9.17, 15) is 14.4 Å². The SMILES string of the molecule is CCOC(=O)c1c(NC(=O)CN(C)CC(=O)NCCCOC)sc2c1CCC(C)C2. The van der Waals surface area contributed by atoms with Gasteiger partial charge in [0.15, 0.2) is 0 Å².